The molecule has 1 saturated heterocycles. The normalized spacial score (nSPS) is 15.5. The molecule has 0 amide bonds. The van der Waals surface area contributed by atoms with Crippen molar-refractivity contribution in [1.29, 1.82) is 0 Å². The highest BCUT2D eigenvalue weighted by Crippen LogP contribution is 2.25. The van der Waals surface area contributed by atoms with E-state index in [4.69, 9.17) is 16.6 Å². The van der Waals surface area contributed by atoms with Gasteiger partial charge in [-0.05, 0) is 49.9 Å². The van der Waals surface area contributed by atoms with Crippen LogP contribution in [0.1, 0.15) is 37.1 Å². The number of fused-ring (bicyclic) bond motifs is 1. The van der Waals surface area contributed by atoms with Gasteiger partial charge >= 0.3 is 0 Å². The van der Waals surface area contributed by atoms with E-state index in [2.05, 4.69) is 43.5 Å². The average molecular weight is 528 g/mol. The number of H-pyrrole nitrogens is 2. The van der Waals surface area contributed by atoms with Crippen LogP contribution in [0.5, 0.6) is 0 Å². The van der Waals surface area contributed by atoms with Gasteiger partial charge in [-0.15, -0.1) is 24.0 Å². The summed E-state index contributed by atoms with van der Waals surface area (Å²) in [5, 5.41) is 12.4. The largest absolute Gasteiger partial charge is 0.361 e. The first-order valence-corrected chi connectivity index (χ1v) is 10.3. The smallest absolute Gasteiger partial charge is 0.193 e. The van der Waals surface area contributed by atoms with E-state index in [1.807, 2.05) is 18.2 Å². The third kappa shape index (κ3) is 5.22. The van der Waals surface area contributed by atoms with E-state index in [0.29, 0.717) is 5.92 Å². The van der Waals surface area contributed by atoms with Crippen molar-refractivity contribution < 1.29 is 0 Å². The van der Waals surface area contributed by atoms with E-state index < -0.39 is 0 Å². The summed E-state index contributed by atoms with van der Waals surface area (Å²) in [6.07, 6.45) is 6.64. The van der Waals surface area contributed by atoms with E-state index in [9.17, 15) is 0 Å². The Morgan fingerprint density at radius 3 is 2.90 bits per heavy atom. The van der Waals surface area contributed by atoms with E-state index in [1.54, 1.807) is 6.33 Å². The minimum Gasteiger partial charge on any atom is -0.361 e. The van der Waals surface area contributed by atoms with Gasteiger partial charge in [0.15, 0.2) is 5.96 Å². The third-order valence-corrected chi connectivity index (χ3v) is 5.56. The fourth-order valence-corrected chi connectivity index (χ4v) is 4.01. The zero-order valence-corrected chi connectivity index (χ0v) is 19.6. The maximum atomic E-state index is 6.15. The number of hydrogen-bond donors (Lipinski definition) is 3. The van der Waals surface area contributed by atoms with Crippen LogP contribution in [0.4, 0.5) is 0 Å². The standard InChI is InChI=1S/C20H26ClN7.HI/c1-2-22-20(28-9-6-14(7-10-28)19-25-13-26-27-19)23-8-5-15-12-24-18-4-3-16(21)11-17(15)18;/h3-4,11-14,24H,2,5-10H2,1H3,(H,22,23)(H,25,26,27);1H. The molecule has 1 aliphatic heterocycles. The molecule has 0 unspecified atom stereocenters. The summed E-state index contributed by atoms with van der Waals surface area (Å²) in [7, 11) is 0. The fraction of sp³-hybridized carbons (Fsp3) is 0.450. The van der Waals surface area contributed by atoms with Gasteiger partial charge in [0.05, 0.1) is 0 Å². The molecule has 2 aromatic heterocycles. The predicted octanol–water partition coefficient (Wildman–Crippen LogP) is 3.95. The van der Waals surface area contributed by atoms with Crippen LogP contribution >= 0.6 is 35.6 Å². The van der Waals surface area contributed by atoms with Gasteiger partial charge in [0, 0.05) is 54.2 Å². The van der Waals surface area contributed by atoms with Crippen LogP contribution in [-0.2, 0) is 6.42 Å². The Hall–Kier alpha value is -1.81. The second-order valence-corrected chi connectivity index (χ2v) is 7.56. The van der Waals surface area contributed by atoms with Crippen LogP contribution in [0.15, 0.2) is 35.7 Å². The first kappa shape index (κ1) is 21.9. The second-order valence-electron chi connectivity index (χ2n) is 7.12. The van der Waals surface area contributed by atoms with Crippen LogP contribution in [0, 0.1) is 0 Å². The molecule has 0 atom stereocenters. The topological polar surface area (TPSA) is 85.0 Å². The molecule has 1 aromatic carbocycles. The monoisotopic (exact) mass is 527 g/mol. The summed E-state index contributed by atoms with van der Waals surface area (Å²) < 4.78 is 0. The number of aromatic amines is 2. The van der Waals surface area contributed by atoms with Crippen LogP contribution in [-0.4, -0.2) is 57.2 Å². The maximum Gasteiger partial charge on any atom is 0.193 e. The van der Waals surface area contributed by atoms with E-state index in [-0.39, 0.29) is 24.0 Å². The predicted molar refractivity (Wildman–Crippen MR) is 128 cm³/mol. The van der Waals surface area contributed by atoms with Crippen LogP contribution < -0.4 is 5.32 Å². The number of rotatable bonds is 5. The Morgan fingerprint density at radius 1 is 1.34 bits per heavy atom. The summed E-state index contributed by atoms with van der Waals surface area (Å²) in [6.45, 7) is 5.66. The molecule has 0 bridgehead atoms. The first-order valence-electron chi connectivity index (χ1n) is 9.88. The van der Waals surface area contributed by atoms with Gasteiger partial charge in [-0.25, -0.2) is 4.98 Å². The molecule has 3 N–H and O–H groups in total. The summed E-state index contributed by atoms with van der Waals surface area (Å²) >= 11 is 6.15. The molecule has 1 fully saturated rings. The van der Waals surface area contributed by atoms with Gasteiger partial charge in [0.1, 0.15) is 12.2 Å². The number of halogens is 2. The lowest BCUT2D eigenvalue weighted by Gasteiger charge is -2.33. The highest BCUT2D eigenvalue weighted by Gasteiger charge is 2.24. The molecule has 4 rings (SSSR count). The Bertz CT molecular complexity index is 930. The van der Waals surface area contributed by atoms with Crippen molar-refractivity contribution in [1.82, 2.24) is 30.4 Å². The molecule has 1 aliphatic rings. The van der Waals surface area contributed by atoms with Crippen LogP contribution in [0.3, 0.4) is 0 Å². The van der Waals surface area contributed by atoms with Crippen molar-refractivity contribution in [2.45, 2.75) is 32.1 Å². The number of aliphatic imine (C=N–C) groups is 1. The number of aromatic nitrogens is 4. The van der Waals surface area contributed by atoms with Gasteiger partial charge in [0.25, 0.3) is 0 Å². The van der Waals surface area contributed by atoms with Crippen LogP contribution in [0.2, 0.25) is 5.02 Å². The van der Waals surface area contributed by atoms with Crippen molar-refractivity contribution in [2.24, 2.45) is 4.99 Å². The third-order valence-electron chi connectivity index (χ3n) is 5.32. The molecule has 0 radical (unpaired) electrons. The van der Waals surface area contributed by atoms with Gasteiger partial charge in [-0.3, -0.25) is 10.1 Å². The number of guanidine groups is 1. The molecular formula is C20H27ClIN7. The number of hydrogen-bond acceptors (Lipinski definition) is 3. The van der Waals surface area contributed by atoms with Crippen molar-refractivity contribution in [3.63, 3.8) is 0 Å². The van der Waals surface area contributed by atoms with Crippen LogP contribution in [0.25, 0.3) is 10.9 Å². The minimum absolute atomic E-state index is 0. The Labute approximate surface area is 192 Å². The maximum absolute atomic E-state index is 6.15. The lowest BCUT2D eigenvalue weighted by molar-refractivity contribution is 0.299. The Kier molecular flexibility index (Phi) is 7.77. The molecule has 3 aromatic rings. The summed E-state index contributed by atoms with van der Waals surface area (Å²) in [6, 6.07) is 5.95. The summed E-state index contributed by atoms with van der Waals surface area (Å²) in [5.74, 6) is 2.45. The fourth-order valence-electron chi connectivity index (χ4n) is 3.84. The Morgan fingerprint density at radius 2 is 2.17 bits per heavy atom. The highest BCUT2D eigenvalue weighted by atomic mass is 127. The zero-order chi connectivity index (χ0) is 19.3. The van der Waals surface area contributed by atoms with Crippen molar-refractivity contribution in [3.8, 4) is 0 Å². The number of piperidine rings is 1. The van der Waals surface area contributed by atoms with Gasteiger partial charge in [0.2, 0.25) is 0 Å². The molecule has 0 spiro atoms. The molecule has 7 nitrogen and oxygen atoms in total. The summed E-state index contributed by atoms with van der Waals surface area (Å²) in [5.41, 5.74) is 2.37. The minimum atomic E-state index is 0. The molecule has 156 valence electrons. The molecule has 29 heavy (non-hydrogen) atoms. The molecule has 0 aliphatic carbocycles. The summed E-state index contributed by atoms with van der Waals surface area (Å²) in [4.78, 5) is 14.9. The number of benzene rings is 1. The lowest BCUT2D eigenvalue weighted by atomic mass is 9.96. The van der Waals surface area contributed by atoms with E-state index in [0.717, 1.165) is 67.8 Å². The highest BCUT2D eigenvalue weighted by molar-refractivity contribution is 14.0. The number of nitrogens with zero attached hydrogens (tertiary/aromatic N) is 4. The molecule has 9 heteroatoms. The van der Waals surface area contributed by atoms with Crippen molar-refractivity contribution in [2.75, 3.05) is 26.2 Å². The quantitative estimate of drug-likeness (QED) is 0.267. The molecule has 0 saturated carbocycles. The second kappa shape index (κ2) is 10.3. The SMILES string of the molecule is CCNC(=NCCc1c[nH]c2ccc(Cl)cc12)N1CCC(c2ncn[nH]2)CC1.I. The average Bonchev–Trinajstić information content (AvgIpc) is 3.38. The zero-order valence-electron chi connectivity index (χ0n) is 16.5. The van der Waals surface area contributed by atoms with Gasteiger partial charge < -0.3 is 15.2 Å². The Balaban J connectivity index is 0.00000240. The van der Waals surface area contributed by atoms with Gasteiger partial charge in [-0.2, -0.15) is 5.10 Å². The number of nitrogens with one attached hydrogen (secondary N) is 3. The first-order chi connectivity index (χ1) is 13.7. The van der Waals surface area contributed by atoms with E-state index in [1.165, 1.54) is 10.9 Å². The lowest BCUT2D eigenvalue weighted by Crippen LogP contribution is -2.45. The van der Waals surface area contributed by atoms with E-state index >= 15 is 0 Å². The molecular weight excluding hydrogens is 501 g/mol. The number of likely N-dealkylation sites (tertiary alicyclic amines) is 1. The van der Waals surface area contributed by atoms with Crippen molar-refractivity contribution in [3.05, 3.63) is 47.1 Å². The molecule has 3 heterocycles. The van der Waals surface area contributed by atoms with Crippen molar-refractivity contribution >= 4 is 52.4 Å². The van der Waals surface area contributed by atoms with Gasteiger partial charge in [-0.1, -0.05) is 11.6 Å².